The van der Waals surface area contributed by atoms with Gasteiger partial charge in [0.15, 0.2) is 0 Å². The van der Waals surface area contributed by atoms with E-state index in [1.54, 1.807) is 0 Å². The highest BCUT2D eigenvalue weighted by molar-refractivity contribution is 4.89. The van der Waals surface area contributed by atoms with Crippen LogP contribution >= 0.6 is 0 Å². The van der Waals surface area contributed by atoms with E-state index >= 15 is 0 Å². The van der Waals surface area contributed by atoms with E-state index in [1.165, 1.54) is 32.2 Å². The zero-order chi connectivity index (χ0) is 14.5. The Morgan fingerprint density at radius 3 is 2.16 bits per heavy atom. The van der Waals surface area contributed by atoms with Gasteiger partial charge < -0.3 is 10.5 Å². The molecule has 0 aromatic carbocycles. The minimum Gasteiger partial charge on any atom is -0.367 e. The maximum Gasteiger partial charge on any atom is 0.0760 e. The van der Waals surface area contributed by atoms with Gasteiger partial charge in [0, 0.05) is 13.1 Å². The first-order valence-electron chi connectivity index (χ1n) is 7.90. The second-order valence-electron chi connectivity index (χ2n) is 7.33. The van der Waals surface area contributed by atoms with E-state index in [0.717, 1.165) is 25.6 Å². The Morgan fingerprint density at radius 2 is 1.68 bits per heavy atom. The molecular formula is C16H34N2O. The Bertz CT molecular complexity index is 247. The van der Waals surface area contributed by atoms with Gasteiger partial charge in [0.2, 0.25) is 0 Å². The van der Waals surface area contributed by atoms with E-state index in [9.17, 15) is 0 Å². The third-order valence-corrected chi connectivity index (χ3v) is 4.00. The first-order valence-corrected chi connectivity index (χ1v) is 7.90. The molecule has 1 aliphatic rings. The normalized spacial score (nSPS) is 24.3. The molecule has 114 valence electrons. The topological polar surface area (TPSA) is 38.5 Å². The standard InChI is InChI=1S/C16H34N2O/c1-6-14(9-10-17)8-7-11-18-12-15(2,3)19-16(4,5)13-18/h14H,6-13,17H2,1-5H3. The van der Waals surface area contributed by atoms with Crippen LogP contribution < -0.4 is 5.73 Å². The van der Waals surface area contributed by atoms with Gasteiger partial charge in [-0.1, -0.05) is 13.3 Å². The van der Waals surface area contributed by atoms with Crippen molar-refractivity contribution in [1.82, 2.24) is 4.90 Å². The number of nitrogens with two attached hydrogens (primary N) is 1. The average Bonchev–Trinajstić information content (AvgIpc) is 2.23. The van der Waals surface area contributed by atoms with Crippen molar-refractivity contribution in [3.63, 3.8) is 0 Å². The molecule has 1 rings (SSSR count). The van der Waals surface area contributed by atoms with Crippen molar-refractivity contribution < 1.29 is 4.74 Å². The van der Waals surface area contributed by atoms with Crippen LogP contribution in [0.3, 0.4) is 0 Å². The van der Waals surface area contributed by atoms with Gasteiger partial charge in [0.05, 0.1) is 11.2 Å². The van der Waals surface area contributed by atoms with Crippen molar-refractivity contribution in [3.05, 3.63) is 0 Å². The molecule has 0 aromatic heterocycles. The summed E-state index contributed by atoms with van der Waals surface area (Å²) >= 11 is 0. The molecule has 2 N–H and O–H groups in total. The van der Waals surface area contributed by atoms with Crippen molar-refractivity contribution in [3.8, 4) is 0 Å². The highest BCUT2D eigenvalue weighted by Crippen LogP contribution is 2.28. The maximum atomic E-state index is 6.12. The van der Waals surface area contributed by atoms with E-state index in [-0.39, 0.29) is 11.2 Å². The molecule has 1 saturated heterocycles. The number of rotatable bonds is 7. The summed E-state index contributed by atoms with van der Waals surface area (Å²) in [5.74, 6) is 0.812. The van der Waals surface area contributed by atoms with Crippen LogP contribution in [0.15, 0.2) is 0 Å². The lowest BCUT2D eigenvalue weighted by Crippen LogP contribution is -2.57. The van der Waals surface area contributed by atoms with Gasteiger partial charge in [0.1, 0.15) is 0 Å². The second kappa shape index (κ2) is 7.05. The highest BCUT2D eigenvalue weighted by atomic mass is 16.5. The summed E-state index contributed by atoms with van der Waals surface area (Å²) in [6.07, 6.45) is 5.03. The van der Waals surface area contributed by atoms with Gasteiger partial charge in [-0.25, -0.2) is 0 Å². The van der Waals surface area contributed by atoms with Crippen molar-refractivity contribution in [2.75, 3.05) is 26.2 Å². The van der Waals surface area contributed by atoms with Crippen LogP contribution in [0.1, 0.15) is 60.3 Å². The first kappa shape index (κ1) is 16.9. The van der Waals surface area contributed by atoms with Gasteiger partial charge in [-0.15, -0.1) is 0 Å². The zero-order valence-electron chi connectivity index (χ0n) is 13.7. The largest absolute Gasteiger partial charge is 0.367 e. The summed E-state index contributed by atoms with van der Waals surface area (Å²) in [7, 11) is 0. The Labute approximate surface area is 119 Å². The average molecular weight is 270 g/mol. The zero-order valence-corrected chi connectivity index (χ0v) is 13.7. The molecule has 19 heavy (non-hydrogen) atoms. The molecule has 3 heteroatoms. The number of hydrogen-bond acceptors (Lipinski definition) is 3. The second-order valence-corrected chi connectivity index (χ2v) is 7.33. The van der Waals surface area contributed by atoms with Crippen molar-refractivity contribution in [2.45, 2.75) is 71.5 Å². The van der Waals surface area contributed by atoms with Gasteiger partial charge in [0.25, 0.3) is 0 Å². The Balaban J connectivity index is 2.36. The van der Waals surface area contributed by atoms with Crippen LogP contribution in [-0.4, -0.2) is 42.3 Å². The maximum absolute atomic E-state index is 6.12. The van der Waals surface area contributed by atoms with Crippen molar-refractivity contribution in [1.29, 1.82) is 0 Å². The number of morpholine rings is 1. The van der Waals surface area contributed by atoms with Gasteiger partial charge in [-0.05, 0) is 66.0 Å². The van der Waals surface area contributed by atoms with E-state index in [1.807, 2.05) is 0 Å². The quantitative estimate of drug-likeness (QED) is 0.773. The summed E-state index contributed by atoms with van der Waals surface area (Å²) in [6.45, 7) is 15.2. The van der Waals surface area contributed by atoms with Gasteiger partial charge in [-0.3, -0.25) is 4.90 Å². The molecule has 1 aliphatic heterocycles. The summed E-state index contributed by atoms with van der Waals surface area (Å²) in [5, 5.41) is 0. The fourth-order valence-corrected chi connectivity index (χ4v) is 3.50. The minimum absolute atomic E-state index is 0.0246. The molecule has 0 aliphatic carbocycles. The molecule has 0 radical (unpaired) electrons. The smallest absolute Gasteiger partial charge is 0.0760 e. The highest BCUT2D eigenvalue weighted by Gasteiger charge is 2.37. The van der Waals surface area contributed by atoms with Crippen LogP contribution in [0, 0.1) is 5.92 Å². The van der Waals surface area contributed by atoms with E-state index < -0.39 is 0 Å². The van der Waals surface area contributed by atoms with Crippen molar-refractivity contribution >= 4 is 0 Å². The first-order chi connectivity index (χ1) is 8.78. The Morgan fingerprint density at radius 1 is 1.11 bits per heavy atom. The number of nitrogens with zero attached hydrogens (tertiary/aromatic N) is 1. The number of ether oxygens (including phenoxy) is 1. The third kappa shape index (κ3) is 6.24. The molecule has 0 amide bonds. The predicted octanol–water partition coefficient (Wildman–Crippen LogP) is 3.03. The minimum atomic E-state index is -0.0246. The molecule has 1 unspecified atom stereocenters. The molecule has 1 heterocycles. The van der Waals surface area contributed by atoms with Crippen LogP contribution in [0.2, 0.25) is 0 Å². The fourth-order valence-electron chi connectivity index (χ4n) is 3.50. The Kier molecular flexibility index (Phi) is 6.28. The molecule has 0 spiro atoms. The fraction of sp³-hybridized carbons (Fsp3) is 1.00. The summed E-state index contributed by atoms with van der Waals surface area (Å²) < 4.78 is 6.12. The van der Waals surface area contributed by atoms with Crippen LogP contribution in [-0.2, 0) is 4.74 Å². The Hall–Kier alpha value is -0.120. The molecule has 0 saturated carbocycles. The summed E-state index contributed by atoms with van der Waals surface area (Å²) in [6, 6.07) is 0. The van der Waals surface area contributed by atoms with E-state index in [2.05, 4.69) is 39.5 Å². The lowest BCUT2D eigenvalue weighted by molar-refractivity contribution is -0.180. The lowest BCUT2D eigenvalue weighted by atomic mass is 9.95. The molecule has 1 fully saturated rings. The molecule has 0 bridgehead atoms. The predicted molar refractivity (Wildman–Crippen MR) is 82.4 cm³/mol. The van der Waals surface area contributed by atoms with Gasteiger partial charge >= 0.3 is 0 Å². The van der Waals surface area contributed by atoms with Crippen LogP contribution in [0.25, 0.3) is 0 Å². The number of hydrogen-bond donors (Lipinski definition) is 1. The van der Waals surface area contributed by atoms with E-state index in [0.29, 0.717) is 0 Å². The molecule has 0 aromatic rings. The van der Waals surface area contributed by atoms with E-state index in [4.69, 9.17) is 10.5 Å². The molecular weight excluding hydrogens is 236 g/mol. The monoisotopic (exact) mass is 270 g/mol. The SMILES string of the molecule is CCC(CCN)CCCN1CC(C)(C)OC(C)(C)C1. The third-order valence-electron chi connectivity index (χ3n) is 4.00. The lowest BCUT2D eigenvalue weighted by Gasteiger charge is -2.47. The summed E-state index contributed by atoms with van der Waals surface area (Å²) in [5.41, 5.74) is 5.61. The van der Waals surface area contributed by atoms with Crippen LogP contribution in [0.4, 0.5) is 0 Å². The molecule has 3 nitrogen and oxygen atoms in total. The summed E-state index contributed by atoms with van der Waals surface area (Å²) in [4.78, 5) is 2.57. The molecule has 1 atom stereocenters. The van der Waals surface area contributed by atoms with Gasteiger partial charge in [-0.2, -0.15) is 0 Å². The van der Waals surface area contributed by atoms with Crippen molar-refractivity contribution in [2.24, 2.45) is 11.7 Å². The van der Waals surface area contributed by atoms with Crippen LogP contribution in [0.5, 0.6) is 0 Å².